The average molecular weight is 255 g/mol. The van der Waals surface area contributed by atoms with Crippen molar-refractivity contribution in [3.63, 3.8) is 0 Å². The molecular weight excluding hydrogens is 226 g/mol. The Balaban J connectivity index is 2.58. The molecule has 3 unspecified atom stereocenters. The minimum atomic E-state index is -0.0760. The predicted octanol–water partition coefficient (Wildman–Crippen LogP) is 3.13. The van der Waals surface area contributed by atoms with Gasteiger partial charge in [0.15, 0.2) is 0 Å². The molecule has 3 atom stereocenters. The molecular formula is C15H29NO2. The lowest BCUT2D eigenvalue weighted by Gasteiger charge is -2.41. The number of hydrogen-bond acceptors (Lipinski definition) is 3. The predicted molar refractivity (Wildman–Crippen MR) is 74.5 cm³/mol. The van der Waals surface area contributed by atoms with Crippen molar-refractivity contribution in [3.8, 4) is 0 Å². The summed E-state index contributed by atoms with van der Waals surface area (Å²) in [6, 6.07) is 0. The van der Waals surface area contributed by atoms with Crippen LogP contribution in [0.2, 0.25) is 0 Å². The number of carbonyl (C=O) groups excluding carboxylic acids is 1. The van der Waals surface area contributed by atoms with Gasteiger partial charge in [0.2, 0.25) is 0 Å². The third-order valence-corrected chi connectivity index (χ3v) is 4.33. The number of methoxy groups -OCH3 is 1. The van der Waals surface area contributed by atoms with Crippen molar-refractivity contribution in [1.82, 2.24) is 5.32 Å². The minimum absolute atomic E-state index is 0.0186. The smallest absolute Gasteiger partial charge is 0.310 e. The molecule has 0 spiro atoms. The third-order valence-electron chi connectivity index (χ3n) is 4.33. The van der Waals surface area contributed by atoms with Crippen LogP contribution in [0.1, 0.15) is 59.3 Å². The summed E-state index contributed by atoms with van der Waals surface area (Å²) >= 11 is 0. The Kier molecular flexibility index (Phi) is 6.13. The van der Waals surface area contributed by atoms with Gasteiger partial charge in [0.05, 0.1) is 13.0 Å². The number of hydrogen-bond donors (Lipinski definition) is 1. The monoisotopic (exact) mass is 255 g/mol. The first kappa shape index (κ1) is 15.5. The van der Waals surface area contributed by atoms with E-state index in [0.717, 1.165) is 25.8 Å². The van der Waals surface area contributed by atoms with Crippen molar-refractivity contribution in [2.75, 3.05) is 13.7 Å². The SMILES string of the molecule is CCCC(C)CNC1(C)CCCCC1C(=O)OC. The van der Waals surface area contributed by atoms with Crippen molar-refractivity contribution in [2.24, 2.45) is 11.8 Å². The second kappa shape index (κ2) is 7.13. The second-order valence-electron chi connectivity index (χ2n) is 6.01. The minimum Gasteiger partial charge on any atom is -0.469 e. The molecule has 0 saturated heterocycles. The van der Waals surface area contributed by atoms with E-state index in [1.54, 1.807) is 0 Å². The van der Waals surface area contributed by atoms with Crippen LogP contribution < -0.4 is 5.32 Å². The van der Waals surface area contributed by atoms with Gasteiger partial charge in [-0.1, -0.05) is 33.1 Å². The Morgan fingerprint density at radius 3 is 2.83 bits per heavy atom. The van der Waals surface area contributed by atoms with Crippen LogP contribution >= 0.6 is 0 Å². The van der Waals surface area contributed by atoms with E-state index < -0.39 is 0 Å². The van der Waals surface area contributed by atoms with Crippen molar-refractivity contribution >= 4 is 5.97 Å². The van der Waals surface area contributed by atoms with Crippen molar-refractivity contribution in [2.45, 2.75) is 64.8 Å². The van der Waals surface area contributed by atoms with E-state index in [1.165, 1.54) is 26.4 Å². The van der Waals surface area contributed by atoms with E-state index in [-0.39, 0.29) is 17.4 Å². The summed E-state index contributed by atoms with van der Waals surface area (Å²) in [5.74, 6) is 0.643. The molecule has 0 aromatic rings. The maximum Gasteiger partial charge on any atom is 0.310 e. The summed E-state index contributed by atoms with van der Waals surface area (Å²) in [6.07, 6.45) is 6.84. The fourth-order valence-corrected chi connectivity index (χ4v) is 3.07. The van der Waals surface area contributed by atoms with E-state index >= 15 is 0 Å². The molecule has 0 amide bonds. The molecule has 0 bridgehead atoms. The molecule has 106 valence electrons. The van der Waals surface area contributed by atoms with Crippen molar-refractivity contribution in [1.29, 1.82) is 0 Å². The van der Waals surface area contributed by atoms with Crippen molar-refractivity contribution < 1.29 is 9.53 Å². The fraction of sp³-hybridized carbons (Fsp3) is 0.933. The van der Waals surface area contributed by atoms with Gasteiger partial charge in [-0.05, 0) is 38.6 Å². The molecule has 3 heteroatoms. The fourth-order valence-electron chi connectivity index (χ4n) is 3.07. The molecule has 1 rings (SSSR count). The molecule has 0 aromatic carbocycles. The standard InChI is InChI=1S/C15H29NO2/c1-5-8-12(2)11-16-15(3)10-7-6-9-13(15)14(17)18-4/h12-13,16H,5-11H2,1-4H3. The van der Waals surface area contributed by atoms with Crippen LogP contribution in [0.25, 0.3) is 0 Å². The first-order valence-corrected chi connectivity index (χ1v) is 7.36. The zero-order valence-corrected chi connectivity index (χ0v) is 12.4. The van der Waals surface area contributed by atoms with E-state index in [4.69, 9.17) is 4.74 Å². The second-order valence-corrected chi connectivity index (χ2v) is 6.01. The summed E-state index contributed by atoms with van der Waals surface area (Å²) in [5.41, 5.74) is -0.0760. The normalized spacial score (nSPS) is 29.9. The molecule has 1 fully saturated rings. The van der Waals surface area contributed by atoms with Crippen LogP contribution in [0.4, 0.5) is 0 Å². The van der Waals surface area contributed by atoms with Gasteiger partial charge in [-0.3, -0.25) is 4.79 Å². The van der Waals surface area contributed by atoms with Gasteiger partial charge < -0.3 is 10.1 Å². The van der Waals surface area contributed by atoms with Crippen molar-refractivity contribution in [3.05, 3.63) is 0 Å². The summed E-state index contributed by atoms with van der Waals surface area (Å²) in [7, 11) is 1.50. The van der Waals surface area contributed by atoms with E-state index in [2.05, 4.69) is 26.1 Å². The first-order valence-electron chi connectivity index (χ1n) is 7.36. The maximum absolute atomic E-state index is 11.9. The van der Waals surface area contributed by atoms with Gasteiger partial charge in [0.1, 0.15) is 0 Å². The van der Waals surface area contributed by atoms with Crippen LogP contribution in [0.3, 0.4) is 0 Å². The largest absolute Gasteiger partial charge is 0.469 e. The lowest BCUT2D eigenvalue weighted by molar-refractivity contribution is -0.149. The highest BCUT2D eigenvalue weighted by Crippen LogP contribution is 2.34. The number of nitrogens with one attached hydrogen (secondary N) is 1. The summed E-state index contributed by atoms with van der Waals surface area (Å²) in [6.45, 7) is 7.68. The van der Waals surface area contributed by atoms with Gasteiger partial charge >= 0.3 is 5.97 Å². The van der Waals surface area contributed by atoms with E-state index in [0.29, 0.717) is 5.92 Å². The van der Waals surface area contributed by atoms with Crippen LogP contribution in [0, 0.1) is 11.8 Å². The number of esters is 1. The summed E-state index contributed by atoms with van der Waals surface area (Å²) in [5, 5.41) is 3.65. The van der Waals surface area contributed by atoms with Gasteiger partial charge in [0, 0.05) is 5.54 Å². The molecule has 0 aliphatic heterocycles. The summed E-state index contributed by atoms with van der Waals surface area (Å²) in [4.78, 5) is 11.9. The lowest BCUT2D eigenvalue weighted by atomic mass is 9.73. The molecule has 0 heterocycles. The van der Waals surface area contributed by atoms with Gasteiger partial charge in [-0.2, -0.15) is 0 Å². The number of rotatable bonds is 6. The van der Waals surface area contributed by atoms with Gasteiger partial charge in [0.25, 0.3) is 0 Å². The maximum atomic E-state index is 11.9. The van der Waals surface area contributed by atoms with Gasteiger partial charge in [-0.25, -0.2) is 0 Å². The first-order chi connectivity index (χ1) is 8.53. The zero-order chi connectivity index (χ0) is 13.6. The molecule has 1 aliphatic rings. The molecule has 1 N–H and O–H groups in total. The third kappa shape index (κ3) is 3.98. The van der Waals surface area contributed by atoms with E-state index in [1.807, 2.05) is 0 Å². The highest BCUT2D eigenvalue weighted by atomic mass is 16.5. The molecule has 3 nitrogen and oxygen atoms in total. The number of carbonyl (C=O) groups is 1. The van der Waals surface area contributed by atoms with E-state index in [9.17, 15) is 4.79 Å². The Labute approximate surface area is 112 Å². The summed E-state index contributed by atoms with van der Waals surface area (Å²) < 4.78 is 4.96. The highest BCUT2D eigenvalue weighted by Gasteiger charge is 2.41. The Bertz CT molecular complexity index is 267. The lowest BCUT2D eigenvalue weighted by Crippen LogP contribution is -2.54. The van der Waals surface area contributed by atoms with Gasteiger partial charge in [-0.15, -0.1) is 0 Å². The molecule has 1 aliphatic carbocycles. The Morgan fingerprint density at radius 2 is 2.22 bits per heavy atom. The quantitative estimate of drug-likeness (QED) is 0.741. The Hall–Kier alpha value is -0.570. The topological polar surface area (TPSA) is 38.3 Å². The van der Waals surface area contributed by atoms with Crippen LogP contribution in [0.5, 0.6) is 0 Å². The zero-order valence-electron chi connectivity index (χ0n) is 12.4. The molecule has 0 radical (unpaired) electrons. The average Bonchev–Trinajstić information content (AvgIpc) is 2.36. The molecule has 0 aromatic heterocycles. The van der Waals surface area contributed by atoms with Crippen LogP contribution in [-0.2, 0) is 9.53 Å². The highest BCUT2D eigenvalue weighted by molar-refractivity contribution is 5.74. The number of ether oxygens (including phenoxy) is 1. The Morgan fingerprint density at radius 1 is 1.50 bits per heavy atom. The molecule has 1 saturated carbocycles. The molecule has 18 heavy (non-hydrogen) atoms. The van der Waals surface area contributed by atoms with Crippen LogP contribution in [0.15, 0.2) is 0 Å². The van der Waals surface area contributed by atoms with Crippen LogP contribution in [-0.4, -0.2) is 25.2 Å².